The first-order valence-corrected chi connectivity index (χ1v) is 6.67. The normalized spacial score (nSPS) is 12.1. The predicted octanol–water partition coefficient (Wildman–Crippen LogP) is 1.95. The third-order valence-electron chi connectivity index (χ3n) is 2.50. The quantitative estimate of drug-likeness (QED) is 0.573. The molecule has 4 N–H and O–H groups in total. The van der Waals surface area contributed by atoms with Crippen LogP contribution in [0.4, 0.5) is 10.5 Å². The topological polar surface area (TPSA) is 142 Å². The Hall–Kier alpha value is -2.52. The van der Waals surface area contributed by atoms with Crippen molar-refractivity contribution in [1.29, 1.82) is 0 Å². The third kappa shape index (κ3) is 2.73. The highest BCUT2D eigenvalue weighted by Gasteiger charge is 2.12. The molecule has 2 rings (SSSR count). The number of amides is 2. The Balaban J connectivity index is 2.61. The Morgan fingerprint density at radius 3 is 2.50 bits per heavy atom. The predicted molar refractivity (Wildman–Crippen MR) is 69.5 cm³/mol. The number of azo groups is 1. The Morgan fingerprint density at radius 1 is 1.20 bits per heavy atom. The molecule has 0 aliphatic heterocycles. The number of benzene rings is 2. The minimum absolute atomic E-state index is 0.0101. The van der Waals surface area contributed by atoms with E-state index in [1.165, 1.54) is 24.3 Å². The third-order valence-corrected chi connectivity index (χ3v) is 3.35. The number of nitrogens with two attached hydrogens (primary N) is 1. The van der Waals surface area contributed by atoms with E-state index in [0.717, 1.165) is 6.07 Å². The van der Waals surface area contributed by atoms with Gasteiger partial charge in [-0.1, -0.05) is 11.2 Å². The van der Waals surface area contributed by atoms with Gasteiger partial charge < -0.3 is 10.8 Å². The Morgan fingerprint density at radius 2 is 1.90 bits per heavy atom. The first kappa shape index (κ1) is 13.9. The number of rotatable bonds is 2. The summed E-state index contributed by atoms with van der Waals surface area (Å²) in [4.78, 5) is 10.2. The van der Waals surface area contributed by atoms with E-state index in [9.17, 15) is 18.3 Å². The molecular formula is C11H9N3O5S. The van der Waals surface area contributed by atoms with E-state index >= 15 is 0 Å². The van der Waals surface area contributed by atoms with Crippen molar-refractivity contribution >= 4 is 32.6 Å². The van der Waals surface area contributed by atoms with E-state index < -0.39 is 16.1 Å². The van der Waals surface area contributed by atoms with E-state index in [4.69, 9.17) is 10.3 Å². The molecule has 0 heterocycles. The fraction of sp³-hybridized carbons (Fsp3) is 0. The number of hydrogen-bond donors (Lipinski definition) is 3. The minimum atomic E-state index is -4.32. The summed E-state index contributed by atoms with van der Waals surface area (Å²) in [7, 11) is -4.32. The van der Waals surface area contributed by atoms with E-state index in [0.29, 0.717) is 10.8 Å². The second kappa shape index (κ2) is 4.87. The van der Waals surface area contributed by atoms with Gasteiger partial charge in [-0.3, -0.25) is 4.55 Å². The summed E-state index contributed by atoms with van der Waals surface area (Å²) < 4.78 is 31.0. The summed E-state index contributed by atoms with van der Waals surface area (Å²) in [5, 5.41) is 17.1. The summed E-state index contributed by atoms with van der Waals surface area (Å²) in [5.74, 6) is -0.283. The molecule has 0 spiro atoms. The van der Waals surface area contributed by atoms with Gasteiger partial charge in [0.05, 0.1) is 4.90 Å². The molecule has 0 saturated carbocycles. The molecule has 0 radical (unpaired) electrons. The molecule has 0 aliphatic rings. The standard InChI is InChI=1S/C11H9N3O5S/c12-11(16)14-13-9-4-1-6-5-7(20(17,18)19)2-3-8(6)10(9)15/h1-5,15H,(H2,12,16)(H,17,18,19). The van der Waals surface area contributed by atoms with Crippen LogP contribution in [0.5, 0.6) is 5.75 Å². The van der Waals surface area contributed by atoms with Gasteiger partial charge in [0.2, 0.25) is 0 Å². The lowest BCUT2D eigenvalue weighted by atomic mass is 10.1. The van der Waals surface area contributed by atoms with Crippen LogP contribution in [-0.4, -0.2) is 24.1 Å². The van der Waals surface area contributed by atoms with Gasteiger partial charge in [0.1, 0.15) is 5.69 Å². The second-order valence-electron chi connectivity index (χ2n) is 3.83. The van der Waals surface area contributed by atoms with Crippen molar-refractivity contribution < 1.29 is 22.9 Å². The van der Waals surface area contributed by atoms with Crippen LogP contribution >= 0.6 is 0 Å². The Bertz CT molecular complexity index is 829. The number of phenolic OH excluding ortho intramolecular Hbond substituents is 1. The number of carbonyl (C=O) groups is 1. The zero-order chi connectivity index (χ0) is 14.9. The van der Waals surface area contributed by atoms with Gasteiger partial charge in [0, 0.05) is 5.39 Å². The summed E-state index contributed by atoms with van der Waals surface area (Å²) in [6.45, 7) is 0. The smallest absolute Gasteiger partial charge is 0.356 e. The summed E-state index contributed by atoms with van der Waals surface area (Å²) in [5.41, 5.74) is 4.81. The van der Waals surface area contributed by atoms with Crippen LogP contribution in [0.3, 0.4) is 0 Å². The highest BCUT2D eigenvalue weighted by atomic mass is 32.2. The monoisotopic (exact) mass is 295 g/mol. The highest BCUT2D eigenvalue weighted by molar-refractivity contribution is 7.85. The number of urea groups is 1. The largest absolute Gasteiger partial charge is 0.505 e. The average Bonchev–Trinajstić information content (AvgIpc) is 2.36. The van der Waals surface area contributed by atoms with Crippen molar-refractivity contribution in [2.45, 2.75) is 4.90 Å². The number of primary amides is 1. The molecule has 2 amide bonds. The molecule has 9 heteroatoms. The van der Waals surface area contributed by atoms with E-state index in [-0.39, 0.29) is 16.3 Å². The maximum atomic E-state index is 11.0. The van der Waals surface area contributed by atoms with Crippen molar-refractivity contribution in [3.63, 3.8) is 0 Å². The van der Waals surface area contributed by atoms with E-state index in [1.807, 2.05) is 0 Å². The maximum absolute atomic E-state index is 11.0. The van der Waals surface area contributed by atoms with Crippen molar-refractivity contribution in [1.82, 2.24) is 0 Å². The molecule has 20 heavy (non-hydrogen) atoms. The molecule has 2 aromatic carbocycles. The number of aromatic hydroxyl groups is 1. The molecule has 0 unspecified atom stereocenters. The number of phenols is 1. The van der Waals surface area contributed by atoms with E-state index in [1.54, 1.807) is 0 Å². The molecule has 104 valence electrons. The molecule has 0 saturated heterocycles. The first-order valence-electron chi connectivity index (χ1n) is 5.23. The van der Waals surface area contributed by atoms with Crippen LogP contribution in [0.15, 0.2) is 45.5 Å². The van der Waals surface area contributed by atoms with Crippen molar-refractivity contribution in [2.75, 3.05) is 0 Å². The van der Waals surface area contributed by atoms with Crippen LogP contribution in [-0.2, 0) is 10.1 Å². The lowest BCUT2D eigenvalue weighted by molar-refractivity contribution is 0.255. The van der Waals surface area contributed by atoms with Gasteiger partial charge in [-0.05, 0) is 29.7 Å². The number of nitrogens with zero attached hydrogens (tertiary/aromatic N) is 2. The van der Waals surface area contributed by atoms with Gasteiger partial charge in [0.15, 0.2) is 5.75 Å². The van der Waals surface area contributed by atoms with Gasteiger partial charge >= 0.3 is 6.03 Å². The number of carbonyl (C=O) groups excluding carboxylic acids is 1. The lowest BCUT2D eigenvalue weighted by Gasteiger charge is -2.05. The number of hydrogen-bond acceptors (Lipinski definition) is 5. The highest BCUT2D eigenvalue weighted by Crippen LogP contribution is 2.35. The zero-order valence-corrected chi connectivity index (χ0v) is 10.7. The van der Waals surface area contributed by atoms with Crippen LogP contribution in [0.2, 0.25) is 0 Å². The molecular weight excluding hydrogens is 286 g/mol. The SMILES string of the molecule is NC(=O)N=Nc1ccc2cc(S(=O)(=O)O)ccc2c1O. The fourth-order valence-electron chi connectivity index (χ4n) is 1.62. The number of fused-ring (bicyclic) bond motifs is 1. The van der Waals surface area contributed by atoms with Crippen LogP contribution in [0, 0.1) is 0 Å². The molecule has 0 bridgehead atoms. The van der Waals surface area contributed by atoms with Gasteiger partial charge in [-0.25, -0.2) is 4.79 Å². The molecule has 0 aliphatic carbocycles. The van der Waals surface area contributed by atoms with Crippen LogP contribution < -0.4 is 5.73 Å². The van der Waals surface area contributed by atoms with Crippen LogP contribution in [0.1, 0.15) is 0 Å². The minimum Gasteiger partial charge on any atom is -0.505 e. The molecule has 0 atom stereocenters. The van der Waals surface area contributed by atoms with Crippen LogP contribution in [0.25, 0.3) is 10.8 Å². The Labute approximate surface area is 113 Å². The average molecular weight is 295 g/mol. The summed E-state index contributed by atoms with van der Waals surface area (Å²) in [6, 6.07) is 5.41. The van der Waals surface area contributed by atoms with Gasteiger partial charge in [0.25, 0.3) is 10.1 Å². The molecule has 0 fully saturated rings. The lowest BCUT2D eigenvalue weighted by Crippen LogP contribution is -2.01. The zero-order valence-electron chi connectivity index (χ0n) is 9.89. The Kier molecular flexibility index (Phi) is 3.38. The maximum Gasteiger partial charge on any atom is 0.356 e. The van der Waals surface area contributed by atoms with Gasteiger partial charge in [-0.2, -0.15) is 8.42 Å². The molecule has 8 nitrogen and oxygen atoms in total. The van der Waals surface area contributed by atoms with Gasteiger partial charge in [-0.15, -0.1) is 5.11 Å². The van der Waals surface area contributed by atoms with E-state index in [2.05, 4.69) is 10.2 Å². The molecule has 2 aromatic rings. The van der Waals surface area contributed by atoms with Crippen molar-refractivity contribution in [3.8, 4) is 5.75 Å². The summed E-state index contributed by atoms with van der Waals surface area (Å²) >= 11 is 0. The van der Waals surface area contributed by atoms with Crippen molar-refractivity contribution in [2.24, 2.45) is 16.0 Å². The first-order chi connectivity index (χ1) is 9.29. The fourth-order valence-corrected chi connectivity index (χ4v) is 2.14. The summed E-state index contributed by atoms with van der Waals surface area (Å²) in [6.07, 6.45) is 0. The molecule has 0 aromatic heterocycles. The van der Waals surface area contributed by atoms with Crippen molar-refractivity contribution in [3.05, 3.63) is 30.3 Å². The second-order valence-corrected chi connectivity index (χ2v) is 5.25.